The molecule has 3 N–H and O–H groups in total. The van der Waals surface area contributed by atoms with Gasteiger partial charge >= 0.3 is 6.03 Å². The second-order valence-corrected chi connectivity index (χ2v) is 4.17. The first kappa shape index (κ1) is 14.8. The Morgan fingerprint density at radius 2 is 2.11 bits per heavy atom. The maximum absolute atomic E-state index is 11.7. The van der Waals surface area contributed by atoms with Gasteiger partial charge in [0.15, 0.2) is 0 Å². The van der Waals surface area contributed by atoms with Gasteiger partial charge in [-0.25, -0.2) is 4.79 Å². The van der Waals surface area contributed by atoms with Crippen molar-refractivity contribution in [3.8, 4) is 6.07 Å². The molecular formula is C12H13ClN4O2. The molecule has 0 aliphatic rings. The smallest absolute Gasteiger partial charge is 0.321 e. The van der Waals surface area contributed by atoms with Crippen LogP contribution in [0.1, 0.15) is 12.5 Å². The van der Waals surface area contributed by atoms with Crippen LogP contribution in [-0.4, -0.2) is 25.0 Å². The van der Waals surface area contributed by atoms with E-state index in [9.17, 15) is 9.59 Å². The first-order valence-corrected chi connectivity index (χ1v) is 5.84. The van der Waals surface area contributed by atoms with Crippen molar-refractivity contribution in [2.75, 3.05) is 12.4 Å². The van der Waals surface area contributed by atoms with E-state index >= 15 is 0 Å². The number of hydrogen-bond donors (Lipinski definition) is 3. The highest BCUT2D eigenvalue weighted by Gasteiger charge is 2.16. The number of nitrogens with one attached hydrogen (secondary N) is 3. The zero-order valence-corrected chi connectivity index (χ0v) is 11.2. The fourth-order valence-corrected chi connectivity index (χ4v) is 1.49. The third-order valence-electron chi connectivity index (χ3n) is 2.33. The summed E-state index contributed by atoms with van der Waals surface area (Å²) in [5, 5.41) is 16.6. The number of imide groups is 1. The highest BCUT2D eigenvalue weighted by atomic mass is 35.5. The minimum atomic E-state index is -0.692. The van der Waals surface area contributed by atoms with Crippen LogP contribution in [0.3, 0.4) is 0 Å². The number of nitrogens with zero attached hydrogens (tertiary/aromatic N) is 1. The van der Waals surface area contributed by atoms with Gasteiger partial charge in [-0.05, 0) is 25.1 Å². The summed E-state index contributed by atoms with van der Waals surface area (Å²) in [5.41, 5.74) is 0.804. The maximum Gasteiger partial charge on any atom is 0.321 e. The van der Waals surface area contributed by atoms with E-state index in [4.69, 9.17) is 16.9 Å². The van der Waals surface area contributed by atoms with Crippen LogP contribution in [0.4, 0.5) is 10.5 Å². The fourth-order valence-electron chi connectivity index (χ4n) is 1.31. The topological polar surface area (TPSA) is 94.0 Å². The molecule has 0 aromatic heterocycles. The molecule has 7 heteroatoms. The van der Waals surface area contributed by atoms with Crippen LogP contribution < -0.4 is 16.0 Å². The normalized spacial score (nSPS) is 11.1. The summed E-state index contributed by atoms with van der Waals surface area (Å²) in [7, 11) is 1.41. The highest BCUT2D eigenvalue weighted by molar-refractivity contribution is 6.30. The average molecular weight is 281 g/mol. The predicted molar refractivity (Wildman–Crippen MR) is 71.9 cm³/mol. The van der Waals surface area contributed by atoms with E-state index in [0.29, 0.717) is 16.3 Å². The molecule has 0 saturated heterocycles. The van der Waals surface area contributed by atoms with Crippen LogP contribution >= 0.6 is 11.6 Å². The zero-order valence-electron chi connectivity index (χ0n) is 10.5. The van der Waals surface area contributed by atoms with Crippen LogP contribution in [0.15, 0.2) is 18.2 Å². The molecule has 100 valence electrons. The van der Waals surface area contributed by atoms with E-state index in [0.717, 1.165) is 0 Å². The predicted octanol–water partition coefficient (Wildman–Crippen LogP) is 1.47. The molecule has 0 saturated carbocycles. The Hall–Kier alpha value is -2.26. The van der Waals surface area contributed by atoms with Gasteiger partial charge in [-0.1, -0.05) is 11.6 Å². The summed E-state index contributed by atoms with van der Waals surface area (Å²) in [4.78, 5) is 22.7. The quantitative estimate of drug-likeness (QED) is 0.781. The van der Waals surface area contributed by atoms with Gasteiger partial charge in [-0.15, -0.1) is 0 Å². The van der Waals surface area contributed by atoms with E-state index in [-0.39, 0.29) is 0 Å². The van der Waals surface area contributed by atoms with Crippen LogP contribution in [0.5, 0.6) is 0 Å². The largest absolute Gasteiger partial charge is 0.373 e. The van der Waals surface area contributed by atoms with E-state index < -0.39 is 18.0 Å². The van der Waals surface area contributed by atoms with Crippen molar-refractivity contribution >= 4 is 29.2 Å². The zero-order chi connectivity index (χ0) is 14.4. The molecule has 3 amide bonds. The molecule has 1 rings (SSSR count). The van der Waals surface area contributed by atoms with Gasteiger partial charge in [0.2, 0.25) is 5.91 Å². The molecule has 19 heavy (non-hydrogen) atoms. The second kappa shape index (κ2) is 6.61. The van der Waals surface area contributed by atoms with Crippen molar-refractivity contribution in [3.05, 3.63) is 28.8 Å². The number of amides is 3. The Morgan fingerprint density at radius 1 is 1.42 bits per heavy atom. The summed E-state index contributed by atoms with van der Waals surface area (Å²) in [6.07, 6.45) is 0. The van der Waals surface area contributed by atoms with Crippen molar-refractivity contribution in [3.63, 3.8) is 0 Å². The van der Waals surface area contributed by atoms with Gasteiger partial charge in [0.1, 0.15) is 12.1 Å². The number of nitriles is 1. The standard InChI is InChI=1S/C12H13ClN4O2/c1-7(11(18)17-12(19)15-2)16-10-5-9(13)4-3-8(10)6-14/h3-5,7,16H,1-2H3,(H2,15,17,18,19). The lowest BCUT2D eigenvalue weighted by atomic mass is 10.1. The average Bonchev–Trinajstić information content (AvgIpc) is 2.38. The lowest BCUT2D eigenvalue weighted by molar-refractivity contribution is -0.120. The lowest BCUT2D eigenvalue weighted by Gasteiger charge is -2.15. The molecule has 0 fully saturated rings. The number of anilines is 1. The Kier molecular flexibility index (Phi) is 5.15. The molecule has 0 spiro atoms. The van der Waals surface area contributed by atoms with E-state index in [1.165, 1.54) is 7.05 Å². The van der Waals surface area contributed by atoms with Crippen LogP contribution in [-0.2, 0) is 4.79 Å². The van der Waals surface area contributed by atoms with Crippen molar-refractivity contribution < 1.29 is 9.59 Å². The van der Waals surface area contributed by atoms with E-state index in [2.05, 4.69) is 16.0 Å². The van der Waals surface area contributed by atoms with Crippen molar-refractivity contribution in [1.82, 2.24) is 10.6 Å². The summed E-state index contributed by atoms with van der Waals surface area (Å²) in [6.45, 7) is 1.57. The minimum absolute atomic E-state index is 0.365. The van der Waals surface area contributed by atoms with Gasteiger partial charge < -0.3 is 10.6 Å². The highest BCUT2D eigenvalue weighted by Crippen LogP contribution is 2.21. The van der Waals surface area contributed by atoms with Crippen LogP contribution in [0.25, 0.3) is 0 Å². The van der Waals surface area contributed by atoms with Gasteiger partial charge in [0.25, 0.3) is 0 Å². The molecule has 0 radical (unpaired) electrons. The molecule has 1 atom stereocenters. The number of halogens is 1. The summed E-state index contributed by atoms with van der Waals surface area (Å²) in [6, 6.07) is 5.38. The number of carbonyl (C=O) groups is 2. The molecule has 1 unspecified atom stereocenters. The molecule has 6 nitrogen and oxygen atoms in total. The monoisotopic (exact) mass is 280 g/mol. The molecule has 0 aliphatic heterocycles. The SMILES string of the molecule is CNC(=O)NC(=O)C(C)Nc1cc(Cl)ccc1C#N. The molecule has 0 aliphatic carbocycles. The number of urea groups is 1. The van der Waals surface area contributed by atoms with Crippen molar-refractivity contribution in [2.24, 2.45) is 0 Å². The van der Waals surface area contributed by atoms with Crippen molar-refractivity contribution in [2.45, 2.75) is 13.0 Å². The lowest BCUT2D eigenvalue weighted by Crippen LogP contribution is -2.44. The second-order valence-electron chi connectivity index (χ2n) is 3.74. The Balaban J connectivity index is 2.79. The molecule has 0 bridgehead atoms. The third kappa shape index (κ3) is 4.16. The van der Waals surface area contributed by atoms with E-state index in [1.807, 2.05) is 6.07 Å². The Bertz CT molecular complexity index is 539. The number of carbonyl (C=O) groups excluding carboxylic acids is 2. The first-order chi connectivity index (χ1) is 8.97. The summed E-state index contributed by atoms with van der Waals surface area (Å²) >= 11 is 5.83. The third-order valence-corrected chi connectivity index (χ3v) is 2.57. The summed E-state index contributed by atoms with van der Waals surface area (Å²) < 4.78 is 0. The van der Waals surface area contributed by atoms with Gasteiger partial charge in [-0.2, -0.15) is 5.26 Å². The Labute approximate surface area is 115 Å². The molecule has 1 aromatic rings. The van der Waals surface area contributed by atoms with Gasteiger partial charge in [0.05, 0.1) is 11.3 Å². The van der Waals surface area contributed by atoms with Crippen LogP contribution in [0.2, 0.25) is 5.02 Å². The molecular weight excluding hydrogens is 268 g/mol. The van der Waals surface area contributed by atoms with Gasteiger partial charge in [0, 0.05) is 12.1 Å². The summed E-state index contributed by atoms with van der Waals surface area (Å²) in [5.74, 6) is -0.511. The van der Waals surface area contributed by atoms with Crippen molar-refractivity contribution in [1.29, 1.82) is 5.26 Å². The fraction of sp³-hybridized carbons (Fsp3) is 0.250. The minimum Gasteiger partial charge on any atom is -0.373 e. The molecule has 1 aromatic carbocycles. The van der Waals surface area contributed by atoms with E-state index in [1.54, 1.807) is 25.1 Å². The molecule has 0 heterocycles. The first-order valence-electron chi connectivity index (χ1n) is 5.46. The van der Waals surface area contributed by atoms with Gasteiger partial charge in [-0.3, -0.25) is 10.1 Å². The maximum atomic E-state index is 11.7. The number of hydrogen-bond acceptors (Lipinski definition) is 4. The Morgan fingerprint density at radius 3 is 2.68 bits per heavy atom. The van der Waals surface area contributed by atoms with Crippen LogP contribution in [0, 0.1) is 11.3 Å². The number of benzene rings is 1. The number of rotatable bonds is 3.